The molecule has 17 heavy (non-hydrogen) atoms. The van der Waals surface area contributed by atoms with E-state index in [2.05, 4.69) is 17.3 Å². The van der Waals surface area contributed by atoms with Crippen molar-refractivity contribution in [3.63, 3.8) is 0 Å². The highest BCUT2D eigenvalue weighted by Crippen LogP contribution is 2.11. The average Bonchev–Trinajstić information content (AvgIpc) is 2.83. The Labute approximate surface area is 103 Å². The summed E-state index contributed by atoms with van der Waals surface area (Å²) in [5.41, 5.74) is 0. The highest BCUT2D eigenvalue weighted by Gasteiger charge is 2.23. The first-order valence-corrected chi connectivity index (χ1v) is 6.31. The van der Waals surface area contributed by atoms with Gasteiger partial charge in [-0.25, -0.2) is 0 Å². The van der Waals surface area contributed by atoms with Crippen LogP contribution in [0, 0.1) is 0 Å². The van der Waals surface area contributed by atoms with Crippen molar-refractivity contribution in [3.8, 4) is 0 Å². The van der Waals surface area contributed by atoms with Gasteiger partial charge in [-0.2, -0.15) is 0 Å². The molecule has 1 heterocycles. The molecule has 0 bridgehead atoms. The predicted molar refractivity (Wildman–Crippen MR) is 66.0 cm³/mol. The molecule has 1 saturated heterocycles. The summed E-state index contributed by atoms with van der Waals surface area (Å²) in [4.78, 5) is 13.8. The zero-order valence-electron chi connectivity index (χ0n) is 11.1. The van der Waals surface area contributed by atoms with Gasteiger partial charge in [0, 0.05) is 19.2 Å². The maximum Gasteiger partial charge on any atom is 0.323 e. The number of ether oxygens (including phenoxy) is 2. The van der Waals surface area contributed by atoms with Gasteiger partial charge in [-0.3, -0.25) is 4.79 Å². The molecule has 0 aromatic carbocycles. The second-order valence-corrected chi connectivity index (χ2v) is 4.38. The van der Waals surface area contributed by atoms with E-state index >= 15 is 0 Å². The summed E-state index contributed by atoms with van der Waals surface area (Å²) in [7, 11) is 3.87. The van der Waals surface area contributed by atoms with Crippen molar-refractivity contribution >= 4 is 5.97 Å². The summed E-state index contributed by atoms with van der Waals surface area (Å²) >= 11 is 0. The molecule has 0 radical (unpaired) electrons. The minimum absolute atomic E-state index is 0.161. The number of likely N-dealkylation sites (N-methyl/N-ethyl adjacent to an activating group) is 2. The lowest BCUT2D eigenvalue weighted by molar-refractivity contribution is -0.145. The second kappa shape index (κ2) is 7.63. The van der Waals surface area contributed by atoms with Gasteiger partial charge in [0.05, 0.1) is 13.2 Å². The molecule has 1 fully saturated rings. The fourth-order valence-electron chi connectivity index (χ4n) is 2.01. The molecule has 0 spiro atoms. The van der Waals surface area contributed by atoms with Crippen LogP contribution in [0.2, 0.25) is 0 Å². The fraction of sp³-hybridized carbons (Fsp3) is 0.917. The van der Waals surface area contributed by atoms with Gasteiger partial charge in [0.25, 0.3) is 0 Å². The van der Waals surface area contributed by atoms with Crippen LogP contribution < -0.4 is 5.32 Å². The van der Waals surface area contributed by atoms with Crippen LogP contribution in [0.3, 0.4) is 0 Å². The van der Waals surface area contributed by atoms with Gasteiger partial charge < -0.3 is 19.7 Å². The number of carbonyl (C=O) groups is 1. The van der Waals surface area contributed by atoms with Crippen molar-refractivity contribution in [2.75, 3.05) is 40.5 Å². The third-order valence-corrected chi connectivity index (χ3v) is 3.22. The lowest BCUT2D eigenvalue weighted by Gasteiger charge is -2.24. The van der Waals surface area contributed by atoms with E-state index in [-0.39, 0.29) is 12.0 Å². The zero-order valence-corrected chi connectivity index (χ0v) is 11.1. The number of hydrogen-bond acceptors (Lipinski definition) is 5. The Hall–Kier alpha value is -0.650. The first-order valence-electron chi connectivity index (χ1n) is 6.31. The number of rotatable bonds is 7. The molecular weight excluding hydrogens is 220 g/mol. The SMILES string of the molecule is CCOC(=O)C(CCN(C)C1CCOC1)NC. The summed E-state index contributed by atoms with van der Waals surface area (Å²) in [6.07, 6.45) is 1.85. The standard InChI is InChI=1S/C12H24N2O3/c1-4-17-12(15)11(13-2)5-7-14(3)10-6-8-16-9-10/h10-11,13H,4-9H2,1-3H3. The van der Waals surface area contributed by atoms with Crippen LogP contribution in [0.4, 0.5) is 0 Å². The minimum atomic E-state index is -0.209. The molecule has 1 N–H and O–H groups in total. The van der Waals surface area contributed by atoms with Crippen molar-refractivity contribution in [1.29, 1.82) is 0 Å². The third-order valence-electron chi connectivity index (χ3n) is 3.22. The van der Waals surface area contributed by atoms with Crippen LogP contribution >= 0.6 is 0 Å². The summed E-state index contributed by atoms with van der Waals surface area (Å²) in [6, 6.07) is 0.287. The van der Waals surface area contributed by atoms with E-state index in [4.69, 9.17) is 9.47 Å². The molecule has 1 rings (SSSR count). The predicted octanol–water partition coefficient (Wildman–Crippen LogP) is 0.248. The maximum atomic E-state index is 11.6. The van der Waals surface area contributed by atoms with Crippen LogP contribution in [0.5, 0.6) is 0 Å². The Morgan fingerprint density at radius 3 is 2.94 bits per heavy atom. The van der Waals surface area contributed by atoms with Crippen molar-refractivity contribution in [2.45, 2.75) is 31.8 Å². The van der Waals surface area contributed by atoms with Gasteiger partial charge >= 0.3 is 5.97 Å². The van der Waals surface area contributed by atoms with Gasteiger partial charge in [-0.15, -0.1) is 0 Å². The number of carbonyl (C=O) groups excluding carboxylic acids is 1. The Kier molecular flexibility index (Phi) is 6.47. The Morgan fingerprint density at radius 1 is 1.65 bits per heavy atom. The van der Waals surface area contributed by atoms with Crippen LogP contribution in [0.15, 0.2) is 0 Å². The topological polar surface area (TPSA) is 50.8 Å². The van der Waals surface area contributed by atoms with Crippen molar-refractivity contribution in [1.82, 2.24) is 10.2 Å². The summed E-state index contributed by atoms with van der Waals surface area (Å²) < 4.78 is 10.4. The molecule has 0 aromatic rings. The molecular formula is C12H24N2O3. The second-order valence-electron chi connectivity index (χ2n) is 4.38. The van der Waals surface area contributed by atoms with Crippen LogP contribution in [-0.2, 0) is 14.3 Å². The van der Waals surface area contributed by atoms with Crippen molar-refractivity contribution in [2.24, 2.45) is 0 Å². The van der Waals surface area contributed by atoms with Crippen molar-refractivity contribution in [3.05, 3.63) is 0 Å². The van der Waals surface area contributed by atoms with Crippen LogP contribution in [0.25, 0.3) is 0 Å². The summed E-state index contributed by atoms with van der Waals surface area (Å²) in [5, 5.41) is 3.00. The van der Waals surface area contributed by atoms with Gasteiger partial charge in [0.15, 0.2) is 0 Å². The van der Waals surface area contributed by atoms with Crippen LogP contribution in [-0.4, -0.2) is 63.4 Å². The van der Waals surface area contributed by atoms with E-state index in [1.165, 1.54) is 0 Å². The molecule has 5 nitrogen and oxygen atoms in total. The molecule has 5 heteroatoms. The first-order chi connectivity index (χ1) is 8.19. The highest BCUT2D eigenvalue weighted by atomic mass is 16.5. The monoisotopic (exact) mass is 244 g/mol. The zero-order chi connectivity index (χ0) is 12.7. The lowest BCUT2D eigenvalue weighted by atomic mass is 10.1. The van der Waals surface area contributed by atoms with E-state index in [0.29, 0.717) is 12.6 Å². The molecule has 2 unspecified atom stereocenters. The van der Waals surface area contributed by atoms with E-state index in [1.54, 1.807) is 7.05 Å². The van der Waals surface area contributed by atoms with Gasteiger partial charge in [-0.1, -0.05) is 0 Å². The largest absolute Gasteiger partial charge is 0.465 e. The fourth-order valence-corrected chi connectivity index (χ4v) is 2.01. The lowest BCUT2D eigenvalue weighted by Crippen LogP contribution is -2.40. The minimum Gasteiger partial charge on any atom is -0.465 e. The smallest absolute Gasteiger partial charge is 0.323 e. The maximum absolute atomic E-state index is 11.6. The number of hydrogen-bond donors (Lipinski definition) is 1. The number of nitrogens with zero attached hydrogens (tertiary/aromatic N) is 1. The molecule has 1 aliphatic rings. The molecule has 1 aliphatic heterocycles. The Bertz CT molecular complexity index is 230. The van der Waals surface area contributed by atoms with Crippen LogP contribution in [0.1, 0.15) is 19.8 Å². The van der Waals surface area contributed by atoms with E-state index < -0.39 is 0 Å². The van der Waals surface area contributed by atoms with Gasteiger partial charge in [0.1, 0.15) is 6.04 Å². The third kappa shape index (κ3) is 4.61. The molecule has 0 saturated carbocycles. The van der Waals surface area contributed by atoms with Crippen molar-refractivity contribution < 1.29 is 14.3 Å². The molecule has 0 aromatic heterocycles. The summed E-state index contributed by atoms with van der Waals surface area (Å²) in [5.74, 6) is -0.161. The Morgan fingerprint density at radius 2 is 2.41 bits per heavy atom. The highest BCUT2D eigenvalue weighted by molar-refractivity contribution is 5.75. The number of esters is 1. The summed E-state index contributed by atoms with van der Waals surface area (Å²) in [6.45, 7) is 4.79. The van der Waals surface area contributed by atoms with Gasteiger partial charge in [-0.05, 0) is 33.9 Å². The molecule has 0 aliphatic carbocycles. The molecule has 0 amide bonds. The average molecular weight is 244 g/mol. The molecule has 100 valence electrons. The van der Waals surface area contributed by atoms with Gasteiger partial charge in [0.2, 0.25) is 0 Å². The quantitative estimate of drug-likeness (QED) is 0.651. The number of nitrogens with one attached hydrogen (secondary N) is 1. The van der Waals surface area contributed by atoms with E-state index in [9.17, 15) is 4.79 Å². The molecule has 2 atom stereocenters. The van der Waals surface area contributed by atoms with E-state index in [0.717, 1.165) is 32.6 Å². The van der Waals surface area contributed by atoms with E-state index in [1.807, 2.05) is 6.92 Å². The Balaban J connectivity index is 2.28. The normalized spacial score (nSPS) is 21.8. The first kappa shape index (κ1) is 14.4.